The van der Waals surface area contributed by atoms with Crippen LogP contribution in [-0.2, 0) is 6.54 Å². The summed E-state index contributed by atoms with van der Waals surface area (Å²) >= 11 is 1.69. The molecule has 0 atom stereocenters. The Morgan fingerprint density at radius 1 is 1.00 bits per heavy atom. The number of likely N-dealkylation sites (tertiary alicyclic amines) is 1. The fourth-order valence-corrected chi connectivity index (χ4v) is 4.72. The molecule has 27 heavy (non-hydrogen) atoms. The van der Waals surface area contributed by atoms with Crippen molar-refractivity contribution in [1.29, 1.82) is 0 Å². The van der Waals surface area contributed by atoms with E-state index in [9.17, 15) is 0 Å². The Morgan fingerprint density at radius 2 is 1.85 bits per heavy atom. The van der Waals surface area contributed by atoms with Gasteiger partial charge >= 0.3 is 0 Å². The monoisotopic (exact) mass is 375 g/mol. The second-order valence-electron chi connectivity index (χ2n) is 6.97. The lowest BCUT2D eigenvalue weighted by Crippen LogP contribution is -2.30. The van der Waals surface area contributed by atoms with Gasteiger partial charge in [0.15, 0.2) is 5.82 Å². The summed E-state index contributed by atoms with van der Waals surface area (Å²) in [5.74, 6) is 1.82. The molecule has 0 saturated carbocycles. The molecule has 5 rings (SSSR count). The maximum atomic E-state index is 4.97. The zero-order valence-corrected chi connectivity index (χ0v) is 15.9. The van der Waals surface area contributed by atoms with Crippen LogP contribution in [0.3, 0.4) is 0 Å². The molecule has 4 heterocycles. The Balaban J connectivity index is 1.64. The second-order valence-corrected chi connectivity index (χ2v) is 7.82. The lowest BCUT2D eigenvalue weighted by molar-refractivity contribution is 0.216. The Morgan fingerprint density at radius 3 is 2.63 bits per heavy atom. The number of hydrogen-bond donors (Lipinski definition) is 0. The van der Waals surface area contributed by atoms with Crippen LogP contribution in [0.2, 0.25) is 0 Å². The largest absolute Gasteiger partial charge is 0.296 e. The first-order valence-corrected chi connectivity index (χ1v) is 10.3. The average molecular weight is 376 g/mol. The van der Waals surface area contributed by atoms with Crippen molar-refractivity contribution < 1.29 is 0 Å². The van der Waals surface area contributed by atoms with Gasteiger partial charge in [0.1, 0.15) is 17.0 Å². The molecule has 1 saturated heterocycles. The van der Waals surface area contributed by atoms with Crippen LogP contribution in [0.25, 0.3) is 27.2 Å². The van der Waals surface area contributed by atoms with Gasteiger partial charge in [-0.1, -0.05) is 36.8 Å². The summed E-state index contributed by atoms with van der Waals surface area (Å²) in [6.45, 7) is 3.10. The normalized spacial score (nSPS) is 15.4. The van der Waals surface area contributed by atoms with E-state index in [1.165, 1.54) is 30.4 Å². The van der Waals surface area contributed by atoms with Gasteiger partial charge in [-0.15, -0.1) is 11.3 Å². The van der Waals surface area contributed by atoms with E-state index in [0.29, 0.717) is 0 Å². The van der Waals surface area contributed by atoms with Gasteiger partial charge in [-0.3, -0.25) is 9.47 Å². The predicted molar refractivity (Wildman–Crippen MR) is 109 cm³/mol. The number of nitrogens with zero attached hydrogens (tertiary/aromatic N) is 5. The minimum atomic E-state index is 0.816. The van der Waals surface area contributed by atoms with Crippen molar-refractivity contribution in [1.82, 2.24) is 24.4 Å². The van der Waals surface area contributed by atoms with E-state index in [1.807, 2.05) is 23.2 Å². The van der Waals surface area contributed by atoms with Gasteiger partial charge in [-0.2, -0.15) is 0 Å². The van der Waals surface area contributed by atoms with Gasteiger partial charge in [-0.05, 0) is 31.5 Å². The topological polar surface area (TPSA) is 46.8 Å². The third kappa shape index (κ3) is 3.26. The van der Waals surface area contributed by atoms with E-state index in [1.54, 1.807) is 17.5 Å². The highest BCUT2D eigenvalue weighted by molar-refractivity contribution is 7.17. The number of thiophene rings is 1. The van der Waals surface area contributed by atoms with Crippen LogP contribution in [0, 0.1) is 0 Å². The fourth-order valence-electron chi connectivity index (χ4n) is 3.76. The number of hydrogen-bond acceptors (Lipinski definition) is 5. The first-order valence-electron chi connectivity index (χ1n) is 9.43. The summed E-state index contributed by atoms with van der Waals surface area (Å²) in [6, 6.07) is 10.5. The van der Waals surface area contributed by atoms with Gasteiger partial charge in [0.05, 0.1) is 11.9 Å². The number of aromatic nitrogens is 4. The highest BCUT2D eigenvalue weighted by atomic mass is 32.1. The third-order valence-electron chi connectivity index (χ3n) is 5.11. The van der Waals surface area contributed by atoms with Crippen molar-refractivity contribution in [3.05, 3.63) is 60.3 Å². The van der Waals surface area contributed by atoms with Crippen LogP contribution in [-0.4, -0.2) is 37.5 Å². The summed E-state index contributed by atoms with van der Waals surface area (Å²) in [5, 5.41) is 3.30. The number of piperidine rings is 1. The molecule has 0 aliphatic carbocycles. The van der Waals surface area contributed by atoms with E-state index < -0.39 is 0 Å². The molecular formula is C21H21N5S. The van der Waals surface area contributed by atoms with Gasteiger partial charge in [0, 0.05) is 23.3 Å². The Kier molecular flexibility index (Phi) is 4.43. The molecule has 0 unspecified atom stereocenters. The first-order chi connectivity index (χ1) is 13.4. The van der Waals surface area contributed by atoms with Crippen LogP contribution in [0.1, 0.15) is 25.1 Å². The van der Waals surface area contributed by atoms with E-state index in [-0.39, 0.29) is 0 Å². The minimum absolute atomic E-state index is 0.816. The Hall–Kier alpha value is -2.57. The lowest BCUT2D eigenvalue weighted by atomic mass is 10.1. The first kappa shape index (κ1) is 16.6. The van der Waals surface area contributed by atoms with Crippen LogP contribution in [0.15, 0.2) is 54.4 Å². The van der Waals surface area contributed by atoms with Crippen molar-refractivity contribution in [2.45, 2.75) is 25.8 Å². The van der Waals surface area contributed by atoms with Crippen LogP contribution in [0.5, 0.6) is 0 Å². The van der Waals surface area contributed by atoms with Crippen molar-refractivity contribution >= 4 is 21.6 Å². The van der Waals surface area contributed by atoms with E-state index in [4.69, 9.17) is 9.97 Å². The molecule has 136 valence electrons. The molecule has 0 bridgehead atoms. The lowest BCUT2D eigenvalue weighted by Gasteiger charge is -2.25. The van der Waals surface area contributed by atoms with Crippen molar-refractivity contribution in [2.75, 3.05) is 13.1 Å². The SMILES string of the molecule is c1ccc(-c2csc3nc(CN4CCCCC4)nc(-n4ccnc4)c23)cc1. The maximum absolute atomic E-state index is 4.97. The third-order valence-corrected chi connectivity index (χ3v) is 5.98. The Labute approximate surface area is 162 Å². The Bertz CT molecular complexity index is 1030. The molecule has 3 aromatic heterocycles. The zero-order chi connectivity index (χ0) is 18.1. The van der Waals surface area contributed by atoms with Crippen LogP contribution in [0.4, 0.5) is 0 Å². The van der Waals surface area contributed by atoms with Gasteiger partial charge in [-0.25, -0.2) is 15.0 Å². The molecule has 1 aliphatic rings. The van der Waals surface area contributed by atoms with Gasteiger partial charge in [0.2, 0.25) is 0 Å². The van der Waals surface area contributed by atoms with Crippen LogP contribution < -0.4 is 0 Å². The van der Waals surface area contributed by atoms with Gasteiger partial charge < -0.3 is 0 Å². The summed E-state index contributed by atoms with van der Waals surface area (Å²) in [6.07, 6.45) is 9.45. The van der Waals surface area contributed by atoms with Crippen LogP contribution >= 0.6 is 11.3 Å². The van der Waals surface area contributed by atoms with E-state index in [0.717, 1.165) is 41.5 Å². The van der Waals surface area contributed by atoms with E-state index >= 15 is 0 Å². The quantitative estimate of drug-likeness (QED) is 0.526. The van der Waals surface area contributed by atoms with Crippen molar-refractivity contribution in [3.8, 4) is 16.9 Å². The molecular weight excluding hydrogens is 354 g/mol. The highest BCUT2D eigenvalue weighted by Crippen LogP contribution is 2.36. The molecule has 0 radical (unpaired) electrons. The summed E-state index contributed by atoms with van der Waals surface area (Å²) in [5.41, 5.74) is 2.38. The summed E-state index contributed by atoms with van der Waals surface area (Å²) in [7, 11) is 0. The molecule has 5 nitrogen and oxygen atoms in total. The molecule has 1 fully saturated rings. The molecule has 1 aromatic carbocycles. The molecule has 0 spiro atoms. The minimum Gasteiger partial charge on any atom is -0.296 e. The molecule has 4 aromatic rings. The number of benzene rings is 1. The number of imidazole rings is 1. The van der Waals surface area contributed by atoms with Crippen molar-refractivity contribution in [3.63, 3.8) is 0 Å². The highest BCUT2D eigenvalue weighted by Gasteiger charge is 2.18. The second kappa shape index (κ2) is 7.21. The maximum Gasteiger partial charge on any atom is 0.151 e. The summed E-state index contributed by atoms with van der Waals surface area (Å²) in [4.78, 5) is 17.6. The standard InChI is InChI=1S/C21H21N5S/c1-3-7-16(8-4-1)17-14-27-21-19(17)20(26-12-9-22-15-26)23-18(24-21)13-25-10-5-2-6-11-25/h1,3-4,7-9,12,14-15H,2,5-6,10-11,13H2. The van der Waals surface area contributed by atoms with Crippen molar-refractivity contribution in [2.24, 2.45) is 0 Å². The fraction of sp³-hybridized carbons (Fsp3) is 0.286. The number of rotatable bonds is 4. The average Bonchev–Trinajstić information content (AvgIpc) is 3.39. The molecule has 0 amide bonds. The molecule has 1 aliphatic heterocycles. The smallest absolute Gasteiger partial charge is 0.151 e. The summed E-state index contributed by atoms with van der Waals surface area (Å²) < 4.78 is 2.00. The predicted octanol–water partition coefficient (Wildman–Crippen LogP) is 4.53. The van der Waals surface area contributed by atoms with E-state index in [2.05, 4.69) is 39.5 Å². The zero-order valence-electron chi connectivity index (χ0n) is 15.1. The van der Waals surface area contributed by atoms with Gasteiger partial charge in [0.25, 0.3) is 0 Å². The molecule has 0 N–H and O–H groups in total. The molecule has 6 heteroatoms. The number of fused-ring (bicyclic) bond motifs is 1.